The van der Waals surface area contributed by atoms with E-state index in [1.54, 1.807) is 19.4 Å². The minimum atomic E-state index is 0.139. The number of hydrogen-bond acceptors (Lipinski definition) is 7. The molecule has 0 saturated heterocycles. The van der Waals surface area contributed by atoms with E-state index in [1.807, 2.05) is 37.3 Å². The zero-order valence-electron chi connectivity index (χ0n) is 12.8. The maximum atomic E-state index is 5.78. The highest BCUT2D eigenvalue weighted by Crippen LogP contribution is 2.20. The lowest BCUT2D eigenvalue weighted by Crippen LogP contribution is -2.05. The molecule has 0 amide bonds. The number of pyridine rings is 1. The van der Waals surface area contributed by atoms with Crippen LogP contribution in [0.4, 0.5) is 17.6 Å². The fourth-order valence-corrected chi connectivity index (χ4v) is 1.98. The van der Waals surface area contributed by atoms with Crippen molar-refractivity contribution < 1.29 is 4.74 Å². The lowest BCUT2D eigenvalue weighted by Gasteiger charge is -2.08. The van der Waals surface area contributed by atoms with Gasteiger partial charge in [0.2, 0.25) is 17.8 Å². The number of hydrogen-bond donors (Lipinski definition) is 2. The second-order valence-corrected chi connectivity index (χ2v) is 4.92. The van der Waals surface area contributed by atoms with Crippen LogP contribution in [0.15, 0.2) is 42.6 Å². The largest absolute Gasteiger partial charge is 0.481 e. The second kappa shape index (κ2) is 6.27. The van der Waals surface area contributed by atoms with E-state index in [2.05, 4.69) is 25.3 Å². The molecule has 7 nitrogen and oxygen atoms in total. The van der Waals surface area contributed by atoms with Crippen LogP contribution in [0.3, 0.4) is 0 Å². The highest BCUT2D eigenvalue weighted by molar-refractivity contribution is 5.60. The van der Waals surface area contributed by atoms with Gasteiger partial charge in [-0.2, -0.15) is 15.0 Å². The molecule has 0 aliphatic rings. The van der Waals surface area contributed by atoms with Crippen LogP contribution in [0.1, 0.15) is 5.56 Å². The molecule has 2 aromatic heterocycles. The number of aromatic nitrogens is 4. The number of ether oxygens (including phenoxy) is 1. The highest BCUT2D eigenvalue weighted by atomic mass is 16.5. The van der Waals surface area contributed by atoms with Crippen molar-refractivity contribution in [3.05, 3.63) is 48.2 Å². The van der Waals surface area contributed by atoms with E-state index >= 15 is 0 Å². The number of nitrogens with two attached hydrogens (primary N) is 1. The van der Waals surface area contributed by atoms with Crippen LogP contribution in [0, 0.1) is 6.92 Å². The number of aryl methyl sites for hydroxylation is 1. The van der Waals surface area contributed by atoms with Crippen molar-refractivity contribution in [2.24, 2.45) is 0 Å². The monoisotopic (exact) mass is 308 g/mol. The fraction of sp³-hybridized carbons (Fsp3) is 0.125. The Hall–Kier alpha value is -3.22. The number of nitrogens with zero attached hydrogens (tertiary/aromatic N) is 4. The maximum absolute atomic E-state index is 5.78. The quantitative estimate of drug-likeness (QED) is 0.764. The number of methoxy groups -OCH3 is 1. The van der Waals surface area contributed by atoms with Crippen molar-refractivity contribution in [3.8, 4) is 17.3 Å². The average Bonchev–Trinajstić information content (AvgIpc) is 2.56. The molecule has 116 valence electrons. The zero-order valence-corrected chi connectivity index (χ0v) is 12.8. The normalized spacial score (nSPS) is 10.3. The molecule has 1 aromatic carbocycles. The van der Waals surface area contributed by atoms with E-state index in [-0.39, 0.29) is 5.95 Å². The molecular formula is C16H16N6O. The number of nitrogen functional groups attached to an aromatic ring is 1. The Bertz CT molecular complexity index is 802. The molecule has 0 saturated carbocycles. The van der Waals surface area contributed by atoms with Crippen LogP contribution >= 0.6 is 0 Å². The SMILES string of the molecule is COc1ccc(-c2nc(N)nc(Nc3ccc(C)cc3)n2)cn1. The summed E-state index contributed by atoms with van der Waals surface area (Å²) in [5, 5.41) is 3.12. The van der Waals surface area contributed by atoms with Crippen molar-refractivity contribution in [2.75, 3.05) is 18.2 Å². The first kappa shape index (κ1) is 14.7. The summed E-state index contributed by atoms with van der Waals surface area (Å²) >= 11 is 0. The summed E-state index contributed by atoms with van der Waals surface area (Å²) in [6.07, 6.45) is 1.63. The summed E-state index contributed by atoms with van der Waals surface area (Å²) in [4.78, 5) is 16.8. The van der Waals surface area contributed by atoms with Crippen LogP contribution in [-0.2, 0) is 0 Å². The molecule has 0 atom stereocenters. The molecule has 0 aliphatic carbocycles. The summed E-state index contributed by atoms with van der Waals surface area (Å²) in [7, 11) is 1.56. The van der Waals surface area contributed by atoms with Gasteiger partial charge in [-0.15, -0.1) is 0 Å². The topological polar surface area (TPSA) is 98.8 Å². The van der Waals surface area contributed by atoms with Crippen LogP contribution in [0.2, 0.25) is 0 Å². The number of benzene rings is 1. The molecule has 3 aromatic rings. The van der Waals surface area contributed by atoms with E-state index < -0.39 is 0 Å². The summed E-state index contributed by atoms with van der Waals surface area (Å²) in [6, 6.07) is 11.5. The smallest absolute Gasteiger partial charge is 0.232 e. The molecule has 23 heavy (non-hydrogen) atoms. The summed E-state index contributed by atoms with van der Waals surface area (Å²) < 4.78 is 5.04. The van der Waals surface area contributed by atoms with Gasteiger partial charge in [-0.05, 0) is 25.1 Å². The van der Waals surface area contributed by atoms with Crippen molar-refractivity contribution in [2.45, 2.75) is 6.92 Å². The molecular weight excluding hydrogens is 292 g/mol. The highest BCUT2D eigenvalue weighted by Gasteiger charge is 2.08. The molecule has 0 spiro atoms. The van der Waals surface area contributed by atoms with Gasteiger partial charge in [-0.25, -0.2) is 4.98 Å². The molecule has 2 heterocycles. The zero-order chi connectivity index (χ0) is 16.2. The van der Waals surface area contributed by atoms with Gasteiger partial charge in [0.25, 0.3) is 0 Å². The van der Waals surface area contributed by atoms with E-state index in [1.165, 1.54) is 5.56 Å². The molecule has 0 radical (unpaired) electrons. The predicted molar refractivity (Wildman–Crippen MR) is 88.5 cm³/mol. The third-order valence-electron chi connectivity index (χ3n) is 3.16. The summed E-state index contributed by atoms with van der Waals surface area (Å²) in [5.41, 5.74) is 8.56. The van der Waals surface area contributed by atoms with Gasteiger partial charge in [0.15, 0.2) is 5.82 Å². The standard InChI is InChI=1S/C16H16N6O/c1-10-3-6-12(7-4-10)19-16-21-14(20-15(17)22-16)11-5-8-13(23-2)18-9-11/h3-9H,1-2H3,(H3,17,19,20,21,22). The molecule has 0 unspecified atom stereocenters. The number of rotatable bonds is 4. The average molecular weight is 308 g/mol. The summed E-state index contributed by atoms with van der Waals surface area (Å²) in [5.74, 6) is 1.49. The minimum absolute atomic E-state index is 0.139. The summed E-state index contributed by atoms with van der Waals surface area (Å²) in [6.45, 7) is 2.03. The third kappa shape index (κ3) is 3.52. The minimum Gasteiger partial charge on any atom is -0.481 e. The molecule has 0 bridgehead atoms. The van der Waals surface area contributed by atoms with E-state index in [0.29, 0.717) is 17.7 Å². The Balaban J connectivity index is 1.90. The molecule has 7 heteroatoms. The predicted octanol–water partition coefficient (Wildman–Crippen LogP) is 2.58. The lowest BCUT2D eigenvalue weighted by atomic mass is 10.2. The van der Waals surface area contributed by atoms with Crippen LogP contribution in [0.25, 0.3) is 11.4 Å². The van der Waals surface area contributed by atoms with Crippen molar-refractivity contribution in [1.29, 1.82) is 0 Å². The Morgan fingerprint density at radius 3 is 2.43 bits per heavy atom. The Morgan fingerprint density at radius 2 is 1.78 bits per heavy atom. The number of nitrogens with one attached hydrogen (secondary N) is 1. The molecule has 3 N–H and O–H groups in total. The second-order valence-electron chi connectivity index (χ2n) is 4.92. The fourth-order valence-electron chi connectivity index (χ4n) is 1.98. The van der Waals surface area contributed by atoms with Gasteiger partial charge in [-0.3, -0.25) is 0 Å². The van der Waals surface area contributed by atoms with Crippen LogP contribution in [0.5, 0.6) is 5.88 Å². The van der Waals surface area contributed by atoms with E-state index in [0.717, 1.165) is 11.3 Å². The van der Waals surface area contributed by atoms with E-state index in [9.17, 15) is 0 Å². The van der Waals surface area contributed by atoms with E-state index in [4.69, 9.17) is 10.5 Å². The first-order chi connectivity index (χ1) is 11.1. The first-order valence-electron chi connectivity index (χ1n) is 7.00. The Morgan fingerprint density at radius 1 is 1.00 bits per heavy atom. The van der Waals surface area contributed by atoms with Crippen LogP contribution in [-0.4, -0.2) is 27.0 Å². The maximum Gasteiger partial charge on any atom is 0.232 e. The van der Waals surface area contributed by atoms with Crippen molar-refractivity contribution >= 4 is 17.6 Å². The first-order valence-corrected chi connectivity index (χ1v) is 7.00. The third-order valence-corrected chi connectivity index (χ3v) is 3.16. The van der Waals surface area contributed by atoms with Gasteiger partial charge in [0.1, 0.15) is 0 Å². The van der Waals surface area contributed by atoms with Gasteiger partial charge in [0.05, 0.1) is 7.11 Å². The Labute approximate surface area is 133 Å². The van der Waals surface area contributed by atoms with Gasteiger partial charge in [0, 0.05) is 23.5 Å². The van der Waals surface area contributed by atoms with Gasteiger partial charge < -0.3 is 15.8 Å². The van der Waals surface area contributed by atoms with Gasteiger partial charge >= 0.3 is 0 Å². The number of anilines is 3. The molecule has 0 aliphatic heterocycles. The Kier molecular flexibility index (Phi) is 4.01. The van der Waals surface area contributed by atoms with Gasteiger partial charge in [-0.1, -0.05) is 17.7 Å². The van der Waals surface area contributed by atoms with Crippen molar-refractivity contribution in [1.82, 2.24) is 19.9 Å². The molecule has 3 rings (SSSR count). The lowest BCUT2D eigenvalue weighted by molar-refractivity contribution is 0.398. The van der Waals surface area contributed by atoms with Crippen LogP contribution < -0.4 is 15.8 Å². The van der Waals surface area contributed by atoms with Crippen molar-refractivity contribution in [3.63, 3.8) is 0 Å². The molecule has 0 fully saturated rings.